The first-order valence-corrected chi connectivity index (χ1v) is 7.66. The number of furan rings is 1. The maximum atomic E-state index is 5.67. The molecule has 1 unspecified atom stereocenters. The number of aryl methyl sites for hydroxylation is 1. The molecule has 0 aliphatic rings. The van der Waals surface area contributed by atoms with Crippen molar-refractivity contribution in [2.75, 3.05) is 0 Å². The molecule has 2 aromatic heterocycles. The first-order chi connectivity index (χ1) is 10.3. The van der Waals surface area contributed by atoms with E-state index >= 15 is 0 Å². The van der Waals surface area contributed by atoms with E-state index in [1.807, 2.05) is 31.2 Å². The van der Waals surface area contributed by atoms with Gasteiger partial charge in [0, 0.05) is 17.4 Å². The normalized spacial score (nSPS) is 12.5. The quantitative estimate of drug-likeness (QED) is 0.559. The number of aromatic nitrogens is 1. The molecule has 21 heavy (non-hydrogen) atoms. The summed E-state index contributed by atoms with van der Waals surface area (Å²) in [6, 6.07) is 12.1. The van der Waals surface area contributed by atoms with Crippen LogP contribution in [0.1, 0.15) is 22.4 Å². The third-order valence-corrected chi connectivity index (χ3v) is 4.29. The second kappa shape index (κ2) is 6.22. The standard InChI is InChI=1S/C16H17N3OS/c1-11-7-8-20-16(11)13(19-17)9-15-18-14(10-21-15)12-5-3-2-4-6-12/h2-8,10,13,19H,9,17H2,1H3. The van der Waals surface area contributed by atoms with E-state index in [2.05, 4.69) is 27.9 Å². The Bertz CT molecular complexity index is 705. The van der Waals surface area contributed by atoms with Gasteiger partial charge in [-0.05, 0) is 18.6 Å². The summed E-state index contributed by atoms with van der Waals surface area (Å²) in [6.07, 6.45) is 2.40. The van der Waals surface area contributed by atoms with Gasteiger partial charge in [-0.1, -0.05) is 30.3 Å². The minimum absolute atomic E-state index is 0.0604. The van der Waals surface area contributed by atoms with Gasteiger partial charge in [-0.25, -0.2) is 10.4 Å². The molecule has 1 atom stereocenters. The predicted octanol–water partition coefficient (Wildman–Crippen LogP) is 3.46. The van der Waals surface area contributed by atoms with Crippen LogP contribution < -0.4 is 11.3 Å². The molecule has 108 valence electrons. The SMILES string of the molecule is Cc1ccoc1C(Cc1nc(-c2ccccc2)cs1)NN. The van der Waals surface area contributed by atoms with Crippen LogP contribution in [-0.2, 0) is 6.42 Å². The van der Waals surface area contributed by atoms with E-state index in [-0.39, 0.29) is 6.04 Å². The second-order valence-corrected chi connectivity index (χ2v) is 5.83. The van der Waals surface area contributed by atoms with Gasteiger partial charge >= 0.3 is 0 Å². The number of hydrogen-bond acceptors (Lipinski definition) is 5. The highest BCUT2D eigenvalue weighted by atomic mass is 32.1. The molecule has 3 N–H and O–H groups in total. The zero-order chi connectivity index (χ0) is 14.7. The fourth-order valence-corrected chi connectivity index (χ4v) is 3.14. The number of hydrazine groups is 1. The Morgan fingerprint density at radius 1 is 1.29 bits per heavy atom. The number of nitrogens with two attached hydrogens (primary N) is 1. The van der Waals surface area contributed by atoms with Gasteiger partial charge in [0.2, 0.25) is 0 Å². The summed E-state index contributed by atoms with van der Waals surface area (Å²) in [4.78, 5) is 4.69. The summed E-state index contributed by atoms with van der Waals surface area (Å²) in [5, 5.41) is 3.11. The van der Waals surface area contributed by atoms with Gasteiger partial charge < -0.3 is 4.42 Å². The van der Waals surface area contributed by atoms with Crippen LogP contribution in [-0.4, -0.2) is 4.98 Å². The molecule has 0 fully saturated rings. The molecule has 2 heterocycles. The molecular formula is C16H17N3OS. The molecule has 3 rings (SSSR count). The molecule has 4 nitrogen and oxygen atoms in total. The summed E-state index contributed by atoms with van der Waals surface area (Å²) in [5.41, 5.74) is 6.04. The van der Waals surface area contributed by atoms with Crippen molar-refractivity contribution in [2.24, 2.45) is 5.84 Å². The monoisotopic (exact) mass is 299 g/mol. The van der Waals surface area contributed by atoms with Crippen LogP contribution in [0, 0.1) is 6.92 Å². The molecule has 0 aliphatic carbocycles. The second-order valence-electron chi connectivity index (χ2n) is 4.88. The van der Waals surface area contributed by atoms with Crippen LogP contribution in [0.5, 0.6) is 0 Å². The molecule has 1 aromatic carbocycles. The third-order valence-electron chi connectivity index (χ3n) is 3.42. The van der Waals surface area contributed by atoms with Crippen LogP contribution in [0.15, 0.2) is 52.5 Å². The predicted molar refractivity (Wildman–Crippen MR) is 84.8 cm³/mol. The summed E-state index contributed by atoms with van der Waals surface area (Å²) in [6.45, 7) is 2.01. The Morgan fingerprint density at radius 2 is 2.10 bits per heavy atom. The lowest BCUT2D eigenvalue weighted by atomic mass is 10.1. The minimum atomic E-state index is -0.0604. The maximum absolute atomic E-state index is 5.67. The first-order valence-electron chi connectivity index (χ1n) is 6.78. The van der Waals surface area contributed by atoms with Crippen molar-refractivity contribution in [3.63, 3.8) is 0 Å². The van der Waals surface area contributed by atoms with Crippen molar-refractivity contribution >= 4 is 11.3 Å². The van der Waals surface area contributed by atoms with Crippen molar-refractivity contribution in [1.82, 2.24) is 10.4 Å². The molecular weight excluding hydrogens is 282 g/mol. The summed E-state index contributed by atoms with van der Waals surface area (Å²) < 4.78 is 5.52. The van der Waals surface area contributed by atoms with E-state index in [0.717, 1.165) is 27.6 Å². The third kappa shape index (κ3) is 3.05. The summed E-state index contributed by atoms with van der Waals surface area (Å²) in [5.74, 6) is 6.53. The number of nitrogens with one attached hydrogen (secondary N) is 1. The fourth-order valence-electron chi connectivity index (χ4n) is 2.29. The molecule has 0 spiro atoms. The number of thiazole rings is 1. The largest absolute Gasteiger partial charge is 0.467 e. The molecule has 0 bridgehead atoms. The molecule has 3 aromatic rings. The average Bonchev–Trinajstić information content (AvgIpc) is 3.15. The number of nitrogens with zero attached hydrogens (tertiary/aromatic N) is 1. The molecule has 0 amide bonds. The molecule has 0 saturated carbocycles. The van der Waals surface area contributed by atoms with Crippen molar-refractivity contribution < 1.29 is 4.42 Å². The van der Waals surface area contributed by atoms with Crippen LogP contribution in [0.3, 0.4) is 0 Å². The molecule has 5 heteroatoms. The number of hydrogen-bond donors (Lipinski definition) is 2. The van der Waals surface area contributed by atoms with Crippen molar-refractivity contribution in [2.45, 2.75) is 19.4 Å². The topological polar surface area (TPSA) is 64.1 Å². The van der Waals surface area contributed by atoms with Crippen molar-refractivity contribution in [3.8, 4) is 11.3 Å². The van der Waals surface area contributed by atoms with Crippen molar-refractivity contribution in [1.29, 1.82) is 0 Å². The maximum Gasteiger partial charge on any atom is 0.125 e. The molecule has 0 saturated heterocycles. The number of rotatable bonds is 5. The average molecular weight is 299 g/mol. The highest BCUT2D eigenvalue weighted by molar-refractivity contribution is 7.09. The Hall–Kier alpha value is -1.95. The zero-order valence-electron chi connectivity index (χ0n) is 11.7. The van der Waals surface area contributed by atoms with Gasteiger partial charge in [0.25, 0.3) is 0 Å². The Morgan fingerprint density at radius 3 is 2.76 bits per heavy atom. The lowest BCUT2D eigenvalue weighted by Crippen LogP contribution is -2.29. The van der Waals surface area contributed by atoms with E-state index < -0.39 is 0 Å². The number of benzene rings is 1. The summed E-state index contributed by atoms with van der Waals surface area (Å²) in [7, 11) is 0. The van der Waals surface area contributed by atoms with Crippen LogP contribution in [0.25, 0.3) is 11.3 Å². The zero-order valence-corrected chi connectivity index (χ0v) is 12.6. The molecule has 0 aliphatic heterocycles. The van der Waals surface area contributed by atoms with Crippen LogP contribution in [0.2, 0.25) is 0 Å². The lowest BCUT2D eigenvalue weighted by molar-refractivity contribution is 0.413. The van der Waals surface area contributed by atoms with Gasteiger partial charge in [-0.3, -0.25) is 5.84 Å². The lowest BCUT2D eigenvalue weighted by Gasteiger charge is -2.12. The van der Waals surface area contributed by atoms with Gasteiger partial charge in [0.15, 0.2) is 0 Å². The minimum Gasteiger partial charge on any atom is -0.467 e. The van der Waals surface area contributed by atoms with Gasteiger partial charge in [0.1, 0.15) is 5.76 Å². The van der Waals surface area contributed by atoms with E-state index in [4.69, 9.17) is 10.3 Å². The van der Waals surface area contributed by atoms with E-state index in [9.17, 15) is 0 Å². The van der Waals surface area contributed by atoms with Gasteiger partial charge in [0.05, 0.1) is 23.0 Å². The Labute approximate surface area is 127 Å². The fraction of sp³-hybridized carbons (Fsp3) is 0.188. The van der Waals surface area contributed by atoms with Crippen LogP contribution >= 0.6 is 11.3 Å². The van der Waals surface area contributed by atoms with Crippen molar-refractivity contribution in [3.05, 3.63) is 64.4 Å². The molecule has 0 radical (unpaired) electrons. The highest BCUT2D eigenvalue weighted by Gasteiger charge is 2.18. The van der Waals surface area contributed by atoms with Gasteiger partial charge in [-0.15, -0.1) is 11.3 Å². The Balaban J connectivity index is 1.79. The summed E-state index contributed by atoms with van der Waals surface area (Å²) >= 11 is 1.64. The highest BCUT2D eigenvalue weighted by Crippen LogP contribution is 2.26. The van der Waals surface area contributed by atoms with E-state index in [1.165, 1.54) is 0 Å². The smallest absolute Gasteiger partial charge is 0.125 e. The van der Waals surface area contributed by atoms with Crippen LogP contribution in [0.4, 0.5) is 0 Å². The Kier molecular flexibility index (Phi) is 4.15. The van der Waals surface area contributed by atoms with E-state index in [0.29, 0.717) is 6.42 Å². The van der Waals surface area contributed by atoms with E-state index in [1.54, 1.807) is 17.6 Å². The van der Waals surface area contributed by atoms with Gasteiger partial charge in [-0.2, -0.15) is 0 Å². The first kappa shape index (κ1) is 14.0.